The number of rotatable bonds is 4. The molecule has 1 N–H and O–H groups in total. The molecule has 2 nitrogen and oxygen atoms in total. The maximum Gasteiger partial charge on any atom is 0.251 e. The third-order valence-corrected chi connectivity index (χ3v) is 5.07. The van der Waals surface area contributed by atoms with Crippen molar-refractivity contribution in [3.05, 3.63) is 32.4 Å². The summed E-state index contributed by atoms with van der Waals surface area (Å²) < 4.78 is 0.969. The number of hydrogen-bond donors (Lipinski definition) is 1. The monoisotopic (exact) mass is 377 g/mol. The van der Waals surface area contributed by atoms with Crippen LogP contribution < -0.4 is 5.32 Å². The van der Waals surface area contributed by atoms with Gasteiger partial charge in [-0.15, -0.1) is 0 Å². The van der Waals surface area contributed by atoms with Crippen LogP contribution in [0.25, 0.3) is 0 Å². The molecular formula is C14H17ClINO. The molecule has 2 rings (SSSR count). The molecule has 0 aliphatic heterocycles. The number of carbonyl (C=O) groups is 1. The molecule has 0 atom stereocenters. The Kier molecular flexibility index (Phi) is 5.30. The quantitative estimate of drug-likeness (QED) is 0.781. The number of nitrogens with one attached hydrogen (secondary N) is 1. The lowest BCUT2D eigenvalue weighted by molar-refractivity contribution is 0.0951. The lowest BCUT2D eigenvalue weighted by Crippen LogP contribution is -2.25. The Bertz CT molecular complexity index is 430. The van der Waals surface area contributed by atoms with Gasteiger partial charge in [0.2, 0.25) is 0 Å². The van der Waals surface area contributed by atoms with Gasteiger partial charge in [0.1, 0.15) is 0 Å². The van der Waals surface area contributed by atoms with Crippen molar-refractivity contribution in [2.24, 2.45) is 5.92 Å². The van der Waals surface area contributed by atoms with Crippen molar-refractivity contribution in [3.63, 3.8) is 0 Å². The van der Waals surface area contributed by atoms with Gasteiger partial charge in [-0.3, -0.25) is 4.79 Å². The first-order chi connectivity index (χ1) is 8.66. The Labute approximate surface area is 127 Å². The maximum absolute atomic E-state index is 11.9. The lowest BCUT2D eigenvalue weighted by Gasteiger charge is -2.10. The van der Waals surface area contributed by atoms with Gasteiger partial charge in [0, 0.05) is 15.7 Å². The molecule has 1 aromatic rings. The van der Waals surface area contributed by atoms with Crippen LogP contribution in [-0.4, -0.2) is 12.5 Å². The van der Waals surface area contributed by atoms with Gasteiger partial charge in [0.25, 0.3) is 5.91 Å². The Morgan fingerprint density at radius 3 is 2.78 bits per heavy atom. The first-order valence-corrected chi connectivity index (χ1v) is 7.86. The highest BCUT2D eigenvalue weighted by atomic mass is 127. The van der Waals surface area contributed by atoms with Gasteiger partial charge >= 0.3 is 0 Å². The minimum atomic E-state index is -0.0219. The molecule has 0 radical (unpaired) electrons. The molecule has 0 bridgehead atoms. The van der Waals surface area contributed by atoms with Gasteiger partial charge in [0.15, 0.2) is 0 Å². The predicted molar refractivity (Wildman–Crippen MR) is 83.1 cm³/mol. The van der Waals surface area contributed by atoms with Crippen molar-refractivity contribution in [1.82, 2.24) is 5.32 Å². The molecule has 0 spiro atoms. The molecule has 0 heterocycles. The Hall–Kier alpha value is -0.290. The normalized spacial score (nSPS) is 15.9. The second-order valence-electron chi connectivity index (χ2n) is 4.82. The van der Waals surface area contributed by atoms with Crippen LogP contribution in [0.2, 0.25) is 5.02 Å². The van der Waals surface area contributed by atoms with Crippen LogP contribution in [0.1, 0.15) is 42.5 Å². The van der Waals surface area contributed by atoms with E-state index in [4.69, 9.17) is 11.6 Å². The summed E-state index contributed by atoms with van der Waals surface area (Å²) in [5.74, 6) is 0.789. The molecule has 98 valence electrons. The van der Waals surface area contributed by atoms with Crippen molar-refractivity contribution in [3.8, 4) is 0 Å². The summed E-state index contributed by atoms with van der Waals surface area (Å²) >= 11 is 8.16. The van der Waals surface area contributed by atoms with Crippen molar-refractivity contribution >= 4 is 40.1 Å². The van der Waals surface area contributed by atoms with Gasteiger partial charge in [-0.25, -0.2) is 0 Å². The molecule has 1 aliphatic carbocycles. The van der Waals surface area contributed by atoms with Crippen LogP contribution >= 0.6 is 34.2 Å². The molecule has 1 aliphatic rings. The van der Waals surface area contributed by atoms with Gasteiger partial charge in [-0.05, 0) is 53.1 Å². The number of benzene rings is 1. The SMILES string of the molecule is O=C(NCCC1CCCC1)c1ccc(I)c(Cl)c1. The van der Waals surface area contributed by atoms with E-state index in [0.717, 1.165) is 22.5 Å². The highest BCUT2D eigenvalue weighted by Gasteiger charge is 2.15. The molecule has 0 unspecified atom stereocenters. The fourth-order valence-corrected chi connectivity index (χ4v) is 2.94. The lowest BCUT2D eigenvalue weighted by atomic mass is 10.0. The second kappa shape index (κ2) is 6.75. The first kappa shape index (κ1) is 14.1. The molecule has 1 aromatic carbocycles. The zero-order valence-corrected chi connectivity index (χ0v) is 13.1. The summed E-state index contributed by atoms with van der Waals surface area (Å²) in [5.41, 5.74) is 0.645. The van der Waals surface area contributed by atoms with E-state index in [1.54, 1.807) is 6.07 Å². The van der Waals surface area contributed by atoms with E-state index in [1.807, 2.05) is 12.1 Å². The number of halogens is 2. The van der Waals surface area contributed by atoms with E-state index >= 15 is 0 Å². The average Bonchev–Trinajstić information content (AvgIpc) is 2.85. The molecule has 0 aromatic heterocycles. The summed E-state index contributed by atoms with van der Waals surface area (Å²) in [4.78, 5) is 11.9. The topological polar surface area (TPSA) is 29.1 Å². The molecule has 1 amide bonds. The second-order valence-corrected chi connectivity index (χ2v) is 6.39. The van der Waals surface area contributed by atoms with Crippen LogP contribution in [-0.2, 0) is 0 Å². The molecule has 1 fully saturated rings. The summed E-state index contributed by atoms with van der Waals surface area (Å²) in [6.07, 6.45) is 6.46. The van der Waals surface area contributed by atoms with E-state index in [-0.39, 0.29) is 5.91 Å². The summed E-state index contributed by atoms with van der Waals surface area (Å²) in [6, 6.07) is 5.42. The van der Waals surface area contributed by atoms with E-state index in [0.29, 0.717) is 10.6 Å². The third-order valence-electron chi connectivity index (χ3n) is 3.49. The zero-order chi connectivity index (χ0) is 13.0. The average molecular weight is 378 g/mol. The minimum absolute atomic E-state index is 0.0219. The first-order valence-electron chi connectivity index (χ1n) is 6.40. The highest BCUT2D eigenvalue weighted by molar-refractivity contribution is 14.1. The molecule has 1 saturated carbocycles. The van der Waals surface area contributed by atoms with Crippen molar-refractivity contribution in [2.75, 3.05) is 6.54 Å². The fourth-order valence-electron chi connectivity index (χ4n) is 2.43. The van der Waals surface area contributed by atoms with E-state index in [9.17, 15) is 4.79 Å². The Balaban J connectivity index is 1.81. The largest absolute Gasteiger partial charge is 0.352 e. The summed E-state index contributed by atoms with van der Waals surface area (Å²) in [6.45, 7) is 0.771. The van der Waals surface area contributed by atoms with E-state index in [1.165, 1.54) is 25.7 Å². The van der Waals surface area contributed by atoms with Crippen LogP contribution in [0.5, 0.6) is 0 Å². The van der Waals surface area contributed by atoms with Crippen molar-refractivity contribution in [2.45, 2.75) is 32.1 Å². The fraction of sp³-hybridized carbons (Fsp3) is 0.500. The van der Waals surface area contributed by atoms with Crippen LogP contribution in [0, 0.1) is 9.49 Å². The highest BCUT2D eigenvalue weighted by Crippen LogP contribution is 2.27. The summed E-state index contributed by atoms with van der Waals surface area (Å²) in [5, 5.41) is 3.61. The van der Waals surface area contributed by atoms with E-state index in [2.05, 4.69) is 27.9 Å². The molecule has 18 heavy (non-hydrogen) atoms. The van der Waals surface area contributed by atoms with Gasteiger partial charge in [0.05, 0.1) is 5.02 Å². The number of carbonyl (C=O) groups excluding carboxylic acids is 1. The standard InChI is InChI=1S/C14H17ClINO/c15-12-9-11(5-6-13(12)16)14(18)17-8-7-10-3-1-2-4-10/h5-6,9-10H,1-4,7-8H2,(H,17,18). The predicted octanol–water partition coefficient (Wildman–Crippen LogP) is 4.25. The van der Waals surface area contributed by atoms with Crippen LogP contribution in [0.4, 0.5) is 0 Å². The van der Waals surface area contributed by atoms with Gasteiger partial charge < -0.3 is 5.32 Å². The van der Waals surface area contributed by atoms with Crippen LogP contribution in [0.15, 0.2) is 18.2 Å². The minimum Gasteiger partial charge on any atom is -0.352 e. The van der Waals surface area contributed by atoms with Gasteiger partial charge in [-0.2, -0.15) is 0 Å². The van der Waals surface area contributed by atoms with Crippen molar-refractivity contribution in [1.29, 1.82) is 0 Å². The summed E-state index contributed by atoms with van der Waals surface area (Å²) in [7, 11) is 0. The third kappa shape index (κ3) is 3.85. The Morgan fingerprint density at radius 1 is 1.39 bits per heavy atom. The van der Waals surface area contributed by atoms with Gasteiger partial charge in [-0.1, -0.05) is 37.3 Å². The van der Waals surface area contributed by atoms with E-state index < -0.39 is 0 Å². The van der Waals surface area contributed by atoms with Crippen molar-refractivity contribution < 1.29 is 4.79 Å². The zero-order valence-electron chi connectivity index (χ0n) is 10.2. The molecular weight excluding hydrogens is 361 g/mol. The Morgan fingerprint density at radius 2 is 2.11 bits per heavy atom. The smallest absolute Gasteiger partial charge is 0.251 e. The molecule has 4 heteroatoms. The van der Waals surface area contributed by atoms with Crippen LogP contribution in [0.3, 0.4) is 0 Å². The number of hydrogen-bond acceptors (Lipinski definition) is 1. The number of amides is 1. The molecule has 0 saturated heterocycles. The maximum atomic E-state index is 11.9.